The van der Waals surface area contributed by atoms with Gasteiger partial charge in [0.25, 0.3) is 0 Å². The van der Waals surface area contributed by atoms with E-state index in [0.717, 1.165) is 24.8 Å². The van der Waals surface area contributed by atoms with Gasteiger partial charge in [-0.25, -0.2) is 0 Å². The Balaban J connectivity index is 2.84. The molecule has 0 fully saturated rings. The predicted molar refractivity (Wildman–Crippen MR) is 69.4 cm³/mol. The van der Waals surface area contributed by atoms with Gasteiger partial charge in [0.2, 0.25) is 0 Å². The van der Waals surface area contributed by atoms with Gasteiger partial charge in [-0.05, 0) is 31.7 Å². The van der Waals surface area contributed by atoms with E-state index in [-0.39, 0.29) is 0 Å². The van der Waals surface area contributed by atoms with E-state index >= 15 is 0 Å². The third kappa shape index (κ3) is 3.34. The average molecular weight is 220 g/mol. The molecule has 1 nitrogen and oxygen atoms in total. The lowest BCUT2D eigenvalue weighted by Gasteiger charge is -2.28. The van der Waals surface area contributed by atoms with Gasteiger partial charge < -0.3 is 5.11 Å². The zero-order valence-electron chi connectivity index (χ0n) is 11.0. The Morgan fingerprint density at radius 2 is 1.88 bits per heavy atom. The molecule has 0 aliphatic heterocycles. The highest BCUT2D eigenvalue weighted by Crippen LogP contribution is 2.31. The molecule has 0 spiro atoms. The van der Waals surface area contributed by atoms with Crippen molar-refractivity contribution in [1.82, 2.24) is 0 Å². The van der Waals surface area contributed by atoms with Crippen LogP contribution in [0.3, 0.4) is 0 Å². The average Bonchev–Trinajstić information content (AvgIpc) is 2.26. The second-order valence-electron chi connectivity index (χ2n) is 5.03. The standard InChI is InChI=1S/C15H24O/c1-5-13(6-2)11-15(4,16)14-9-7-8-12(3)10-14/h7-10,13,16H,5-6,11H2,1-4H3. The second-order valence-corrected chi connectivity index (χ2v) is 5.03. The van der Waals surface area contributed by atoms with Gasteiger partial charge in [0, 0.05) is 0 Å². The number of aliphatic hydroxyl groups is 1. The van der Waals surface area contributed by atoms with E-state index in [9.17, 15) is 5.11 Å². The van der Waals surface area contributed by atoms with Gasteiger partial charge in [-0.2, -0.15) is 0 Å². The summed E-state index contributed by atoms with van der Waals surface area (Å²) in [7, 11) is 0. The van der Waals surface area contributed by atoms with E-state index in [1.807, 2.05) is 19.1 Å². The number of hydrogen-bond donors (Lipinski definition) is 1. The fraction of sp³-hybridized carbons (Fsp3) is 0.600. The number of benzene rings is 1. The molecule has 1 aromatic rings. The zero-order chi connectivity index (χ0) is 12.2. The highest BCUT2D eigenvalue weighted by molar-refractivity contribution is 5.26. The summed E-state index contributed by atoms with van der Waals surface area (Å²) in [5.41, 5.74) is 1.56. The van der Waals surface area contributed by atoms with Crippen molar-refractivity contribution in [3.8, 4) is 0 Å². The van der Waals surface area contributed by atoms with Gasteiger partial charge in [0.1, 0.15) is 0 Å². The fourth-order valence-corrected chi connectivity index (χ4v) is 2.24. The Labute approximate surface area is 99.5 Å². The van der Waals surface area contributed by atoms with E-state index in [1.54, 1.807) is 0 Å². The number of aryl methyl sites for hydroxylation is 1. The normalized spacial score (nSPS) is 15.1. The molecule has 1 rings (SSSR count). The Bertz CT molecular complexity index is 324. The van der Waals surface area contributed by atoms with Gasteiger partial charge in [0.15, 0.2) is 0 Å². The summed E-state index contributed by atoms with van der Waals surface area (Å²) in [5.74, 6) is 0.607. The van der Waals surface area contributed by atoms with Crippen molar-refractivity contribution in [2.75, 3.05) is 0 Å². The lowest BCUT2D eigenvalue weighted by molar-refractivity contribution is 0.0285. The van der Waals surface area contributed by atoms with Gasteiger partial charge in [-0.3, -0.25) is 0 Å². The smallest absolute Gasteiger partial charge is 0.0871 e. The van der Waals surface area contributed by atoms with Crippen LogP contribution in [0.15, 0.2) is 24.3 Å². The van der Waals surface area contributed by atoms with E-state index in [0.29, 0.717) is 5.92 Å². The predicted octanol–water partition coefficient (Wildman–Crippen LogP) is 4.03. The van der Waals surface area contributed by atoms with Crippen molar-refractivity contribution in [3.63, 3.8) is 0 Å². The molecule has 0 heterocycles. The minimum Gasteiger partial charge on any atom is -0.385 e. The molecule has 1 heteroatoms. The van der Waals surface area contributed by atoms with Gasteiger partial charge in [0.05, 0.1) is 5.60 Å². The molecule has 1 aromatic carbocycles. The number of rotatable bonds is 5. The fourth-order valence-electron chi connectivity index (χ4n) is 2.24. The maximum atomic E-state index is 10.5. The van der Waals surface area contributed by atoms with Crippen LogP contribution in [0.5, 0.6) is 0 Å². The van der Waals surface area contributed by atoms with Crippen LogP contribution < -0.4 is 0 Å². The van der Waals surface area contributed by atoms with Crippen LogP contribution in [-0.4, -0.2) is 5.11 Å². The summed E-state index contributed by atoms with van der Waals surface area (Å²) in [5, 5.41) is 10.5. The molecular weight excluding hydrogens is 196 g/mol. The summed E-state index contributed by atoms with van der Waals surface area (Å²) in [6, 6.07) is 8.19. The molecule has 1 atom stereocenters. The molecule has 16 heavy (non-hydrogen) atoms. The van der Waals surface area contributed by atoms with Crippen LogP contribution in [0.25, 0.3) is 0 Å². The quantitative estimate of drug-likeness (QED) is 0.794. The molecule has 0 saturated heterocycles. The second kappa shape index (κ2) is 5.49. The lowest BCUT2D eigenvalue weighted by Crippen LogP contribution is -2.24. The van der Waals surface area contributed by atoms with Crippen LogP contribution in [0.4, 0.5) is 0 Å². The Morgan fingerprint density at radius 1 is 1.25 bits per heavy atom. The highest BCUT2D eigenvalue weighted by atomic mass is 16.3. The topological polar surface area (TPSA) is 20.2 Å². The molecule has 1 N–H and O–H groups in total. The maximum absolute atomic E-state index is 10.5. The molecule has 0 amide bonds. The van der Waals surface area contributed by atoms with Crippen molar-refractivity contribution in [2.24, 2.45) is 5.92 Å². The molecule has 0 aliphatic rings. The van der Waals surface area contributed by atoms with Crippen LogP contribution in [0.2, 0.25) is 0 Å². The van der Waals surface area contributed by atoms with Crippen molar-refractivity contribution < 1.29 is 5.11 Å². The summed E-state index contributed by atoms with van der Waals surface area (Å²) < 4.78 is 0. The minimum absolute atomic E-state index is 0.607. The molecule has 0 radical (unpaired) electrons. The van der Waals surface area contributed by atoms with Crippen LogP contribution in [0, 0.1) is 12.8 Å². The first kappa shape index (κ1) is 13.2. The Morgan fingerprint density at radius 3 is 2.38 bits per heavy atom. The van der Waals surface area contributed by atoms with Crippen LogP contribution >= 0.6 is 0 Å². The number of hydrogen-bond acceptors (Lipinski definition) is 1. The first-order valence-corrected chi connectivity index (χ1v) is 6.29. The first-order chi connectivity index (χ1) is 7.49. The van der Waals surface area contributed by atoms with E-state index < -0.39 is 5.60 Å². The van der Waals surface area contributed by atoms with Gasteiger partial charge in [-0.1, -0.05) is 56.5 Å². The van der Waals surface area contributed by atoms with E-state index in [2.05, 4.69) is 32.9 Å². The minimum atomic E-state index is -0.692. The van der Waals surface area contributed by atoms with E-state index in [4.69, 9.17) is 0 Å². The molecule has 0 aromatic heterocycles. The highest BCUT2D eigenvalue weighted by Gasteiger charge is 2.25. The van der Waals surface area contributed by atoms with Crippen LogP contribution in [-0.2, 0) is 5.60 Å². The molecule has 0 aliphatic carbocycles. The zero-order valence-corrected chi connectivity index (χ0v) is 11.0. The monoisotopic (exact) mass is 220 g/mol. The molecule has 0 bridgehead atoms. The summed E-state index contributed by atoms with van der Waals surface area (Å²) in [6.07, 6.45) is 3.13. The maximum Gasteiger partial charge on any atom is 0.0871 e. The summed E-state index contributed by atoms with van der Waals surface area (Å²) in [4.78, 5) is 0. The van der Waals surface area contributed by atoms with Gasteiger partial charge in [-0.15, -0.1) is 0 Å². The van der Waals surface area contributed by atoms with E-state index in [1.165, 1.54) is 5.56 Å². The van der Waals surface area contributed by atoms with Crippen molar-refractivity contribution in [2.45, 2.75) is 52.6 Å². The summed E-state index contributed by atoms with van der Waals surface area (Å²) in [6.45, 7) is 8.39. The third-order valence-corrected chi connectivity index (χ3v) is 3.48. The first-order valence-electron chi connectivity index (χ1n) is 6.29. The molecule has 1 unspecified atom stereocenters. The van der Waals surface area contributed by atoms with Crippen molar-refractivity contribution in [3.05, 3.63) is 35.4 Å². The molecule has 0 saturated carbocycles. The van der Waals surface area contributed by atoms with Gasteiger partial charge >= 0.3 is 0 Å². The largest absolute Gasteiger partial charge is 0.385 e. The Hall–Kier alpha value is -0.820. The SMILES string of the molecule is CCC(CC)CC(C)(O)c1cccc(C)c1. The summed E-state index contributed by atoms with van der Waals surface area (Å²) >= 11 is 0. The third-order valence-electron chi connectivity index (χ3n) is 3.48. The van der Waals surface area contributed by atoms with Crippen molar-refractivity contribution >= 4 is 0 Å². The van der Waals surface area contributed by atoms with Crippen molar-refractivity contribution in [1.29, 1.82) is 0 Å². The van der Waals surface area contributed by atoms with Crippen LogP contribution in [0.1, 0.15) is 51.2 Å². The molecular formula is C15H24O. The Kier molecular flexibility index (Phi) is 4.55. The molecule has 90 valence electrons. The lowest BCUT2D eigenvalue weighted by atomic mass is 9.83.